The molecule has 2 aromatic heterocycles. The van der Waals surface area contributed by atoms with Crippen LogP contribution in [0.5, 0.6) is 5.75 Å². The van der Waals surface area contributed by atoms with Crippen LogP contribution in [0.15, 0.2) is 36.4 Å². The highest BCUT2D eigenvalue weighted by Gasteiger charge is 2.28. The van der Waals surface area contributed by atoms with Crippen molar-refractivity contribution in [1.82, 2.24) is 19.0 Å². The molecule has 2 fully saturated rings. The maximum Gasteiger partial charge on any atom is 0.254 e. The smallest absolute Gasteiger partial charge is 0.254 e. The van der Waals surface area contributed by atoms with Gasteiger partial charge in [-0.25, -0.2) is 4.98 Å². The first kappa shape index (κ1) is 25.0. The van der Waals surface area contributed by atoms with Gasteiger partial charge < -0.3 is 23.9 Å². The molecule has 0 radical (unpaired) electrons. The number of fused-ring (bicyclic) bond motifs is 2. The van der Waals surface area contributed by atoms with E-state index in [0.717, 1.165) is 66.0 Å². The molecule has 200 valence electrons. The molecule has 1 aliphatic heterocycles. The van der Waals surface area contributed by atoms with Crippen molar-refractivity contribution in [1.29, 1.82) is 0 Å². The molecule has 7 nitrogen and oxygen atoms in total. The number of ether oxygens (including phenoxy) is 1. The number of para-hydroxylation sites is 1. The van der Waals surface area contributed by atoms with Crippen molar-refractivity contribution in [2.45, 2.75) is 52.0 Å². The quantitative estimate of drug-likeness (QED) is 0.341. The van der Waals surface area contributed by atoms with E-state index in [4.69, 9.17) is 9.72 Å². The molecule has 38 heavy (non-hydrogen) atoms. The van der Waals surface area contributed by atoms with Crippen molar-refractivity contribution in [2.75, 3.05) is 26.8 Å². The molecule has 1 N–H and O–H groups in total. The van der Waals surface area contributed by atoms with E-state index >= 15 is 0 Å². The molecule has 7 heteroatoms. The predicted octanol–water partition coefficient (Wildman–Crippen LogP) is 5.41. The van der Waals surface area contributed by atoms with Gasteiger partial charge in [0.2, 0.25) is 0 Å². The summed E-state index contributed by atoms with van der Waals surface area (Å²) in [7, 11) is 3.69. The van der Waals surface area contributed by atoms with Crippen LogP contribution in [0, 0.1) is 11.8 Å². The Bertz CT molecular complexity index is 1500. The lowest BCUT2D eigenvalue weighted by Crippen LogP contribution is -2.39. The molecule has 6 rings (SSSR count). The minimum atomic E-state index is 0.0621. The van der Waals surface area contributed by atoms with Crippen LogP contribution in [0.1, 0.15) is 54.9 Å². The lowest BCUT2D eigenvalue weighted by Gasteiger charge is -2.32. The average molecular weight is 515 g/mol. The van der Waals surface area contributed by atoms with Crippen molar-refractivity contribution in [3.8, 4) is 17.3 Å². The zero-order valence-electron chi connectivity index (χ0n) is 22.7. The van der Waals surface area contributed by atoms with Crippen LogP contribution in [-0.2, 0) is 20.0 Å². The van der Waals surface area contributed by atoms with Crippen LogP contribution >= 0.6 is 0 Å². The second-order valence-corrected chi connectivity index (χ2v) is 11.1. The van der Waals surface area contributed by atoms with Gasteiger partial charge in [0.05, 0.1) is 23.8 Å². The summed E-state index contributed by atoms with van der Waals surface area (Å²) in [5, 5.41) is 10.9. The Morgan fingerprint density at radius 3 is 2.71 bits per heavy atom. The van der Waals surface area contributed by atoms with E-state index in [0.29, 0.717) is 29.6 Å². The molecule has 0 bridgehead atoms. The Morgan fingerprint density at radius 2 is 1.97 bits per heavy atom. The fraction of sp³-hybridized carbons (Fsp3) is 0.484. The van der Waals surface area contributed by atoms with Gasteiger partial charge in [0, 0.05) is 44.2 Å². The van der Waals surface area contributed by atoms with Gasteiger partial charge >= 0.3 is 0 Å². The zero-order chi connectivity index (χ0) is 26.4. The number of amides is 1. The molecule has 2 aliphatic rings. The zero-order valence-corrected chi connectivity index (χ0v) is 22.7. The van der Waals surface area contributed by atoms with Gasteiger partial charge in [-0.1, -0.05) is 31.5 Å². The molecule has 0 spiro atoms. The van der Waals surface area contributed by atoms with Crippen molar-refractivity contribution in [2.24, 2.45) is 18.9 Å². The molecule has 3 heterocycles. The maximum atomic E-state index is 13.5. The topological polar surface area (TPSA) is 72.5 Å². The SMILES string of the molecule is CC[C@@H]1CCCN(C(=O)c2cc(OC)c3c(c2)nc(-c2cc4cccc(CCO)c4n2CC2CC2)n3C)C1. The lowest BCUT2D eigenvalue weighted by atomic mass is 9.95. The van der Waals surface area contributed by atoms with Gasteiger partial charge in [0.25, 0.3) is 5.91 Å². The van der Waals surface area contributed by atoms with Crippen molar-refractivity contribution >= 4 is 27.8 Å². The summed E-state index contributed by atoms with van der Waals surface area (Å²) >= 11 is 0. The molecule has 0 unspecified atom stereocenters. The van der Waals surface area contributed by atoms with E-state index < -0.39 is 0 Å². The number of rotatable bonds is 8. The predicted molar refractivity (Wildman–Crippen MR) is 151 cm³/mol. The van der Waals surface area contributed by atoms with E-state index in [9.17, 15) is 9.90 Å². The van der Waals surface area contributed by atoms with Crippen LogP contribution in [0.3, 0.4) is 0 Å². The number of aryl methyl sites for hydroxylation is 1. The number of benzene rings is 2. The van der Waals surface area contributed by atoms with Gasteiger partial charge in [0.15, 0.2) is 5.82 Å². The van der Waals surface area contributed by atoms with Gasteiger partial charge in [-0.2, -0.15) is 0 Å². The standard InChI is InChI=1S/C31H38N4O3/c1-4-20-7-6-13-34(18-20)31(37)24-15-25-29(27(17-24)38-3)33(2)30(32-25)26-16-23-9-5-8-22(12-14-36)28(23)35(26)19-21-10-11-21/h5,8-9,15-17,20-21,36H,4,6-7,10-14,18-19H2,1-3H3/t20-/m1/s1. The van der Waals surface area contributed by atoms with Crippen LogP contribution < -0.4 is 4.74 Å². The first-order valence-electron chi connectivity index (χ1n) is 14.1. The summed E-state index contributed by atoms with van der Waals surface area (Å²) in [6.45, 7) is 4.90. The first-order valence-corrected chi connectivity index (χ1v) is 14.1. The molecule has 1 atom stereocenters. The van der Waals surface area contributed by atoms with E-state index in [1.807, 2.05) is 24.1 Å². The molecule has 4 aromatic rings. The minimum absolute atomic E-state index is 0.0621. The fourth-order valence-electron chi connectivity index (χ4n) is 6.24. The highest BCUT2D eigenvalue weighted by atomic mass is 16.5. The van der Waals surface area contributed by atoms with E-state index in [1.54, 1.807) is 7.11 Å². The van der Waals surface area contributed by atoms with E-state index in [-0.39, 0.29) is 12.5 Å². The first-order chi connectivity index (χ1) is 18.5. The number of aromatic nitrogens is 3. The Kier molecular flexibility index (Phi) is 6.64. The summed E-state index contributed by atoms with van der Waals surface area (Å²) in [6.07, 6.45) is 6.48. The molecule has 1 saturated heterocycles. The normalized spacial score (nSPS) is 18.0. The summed E-state index contributed by atoms with van der Waals surface area (Å²) in [6, 6.07) is 12.4. The summed E-state index contributed by atoms with van der Waals surface area (Å²) < 4.78 is 10.3. The highest BCUT2D eigenvalue weighted by Crippen LogP contribution is 2.39. The fourth-order valence-corrected chi connectivity index (χ4v) is 6.24. The van der Waals surface area contributed by atoms with Crippen molar-refractivity contribution < 1.29 is 14.6 Å². The van der Waals surface area contributed by atoms with Gasteiger partial charge in [0.1, 0.15) is 11.3 Å². The largest absolute Gasteiger partial charge is 0.494 e. The molecular weight excluding hydrogens is 476 g/mol. The number of likely N-dealkylation sites (tertiary alicyclic amines) is 1. The maximum absolute atomic E-state index is 13.5. The van der Waals surface area contributed by atoms with Crippen LogP contribution in [0.25, 0.3) is 33.5 Å². The highest BCUT2D eigenvalue weighted by molar-refractivity contribution is 6.00. The van der Waals surface area contributed by atoms with Crippen molar-refractivity contribution in [3.05, 3.63) is 47.5 Å². The monoisotopic (exact) mass is 514 g/mol. The molecular formula is C31H38N4O3. The Balaban J connectivity index is 1.47. The minimum Gasteiger partial charge on any atom is -0.494 e. The van der Waals surface area contributed by atoms with E-state index in [2.05, 4.69) is 40.3 Å². The molecule has 1 saturated carbocycles. The molecule has 2 aromatic carbocycles. The Labute approximate surface area is 224 Å². The van der Waals surface area contributed by atoms with Crippen LogP contribution in [0.2, 0.25) is 0 Å². The number of hydrogen-bond donors (Lipinski definition) is 1. The molecule has 1 amide bonds. The number of aliphatic hydroxyl groups excluding tert-OH is 1. The van der Waals surface area contributed by atoms with Gasteiger partial charge in [-0.3, -0.25) is 4.79 Å². The summed E-state index contributed by atoms with van der Waals surface area (Å²) in [4.78, 5) is 20.7. The number of methoxy groups -OCH3 is 1. The van der Waals surface area contributed by atoms with Crippen molar-refractivity contribution in [3.63, 3.8) is 0 Å². The number of imidazole rings is 1. The lowest BCUT2D eigenvalue weighted by molar-refractivity contribution is 0.0671. The third-order valence-electron chi connectivity index (χ3n) is 8.54. The number of nitrogens with zero attached hydrogens (tertiary/aromatic N) is 4. The van der Waals surface area contributed by atoms with E-state index in [1.165, 1.54) is 24.8 Å². The number of piperidine rings is 1. The third kappa shape index (κ3) is 4.37. The average Bonchev–Trinajstić information content (AvgIpc) is 3.60. The van der Waals surface area contributed by atoms with Crippen LogP contribution in [-0.4, -0.2) is 56.8 Å². The second-order valence-electron chi connectivity index (χ2n) is 11.1. The molecule has 1 aliphatic carbocycles. The Morgan fingerprint density at radius 1 is 1.13 bits per heavy atom. The number of aliphatic hydroxyl groups is 1. The van der Waals surface area contributed by atoms with Gasteiger partial charge in [-0.15, -0.1) is 0 Å². The number of carbonyl (C=O) groups excluding carboxylic acids is 1. The number of carbonyl (C=O) groups is 1. The third-order valence-corrected chi connectivity index (χ3v) is 8.54. The van der Waals surface area contributed by atoms with Crippen LogP contribution in [0.4, 0.5) is 0 Å². The number of hydrogen-bond acceptors (Lipinski definition) is 4. The Hall–Kier alpha value is -3.32. The summed E-state index contributed by atoms with van der Waals surface area (Å²) in [5.74, 6) is 2.84. The van der Waals surface area contributed by atoms with Gasteiger partial charge in [-0.05, 0) is 67.7 Å². The summed E-state index contributed by atoms with van der Waals surface area (Å²) in [5.41, 5.74) is 5.71. The second kappa shape index (κ2) is 10.1.